The highest BCUT2D eigenvalue weighted by Gasteiger charge is 2.37. The van der Waals surface area contributed by atoms with Crippen LogP contribution in [0.4, 0.5) is 0 Å². The number of carboxylic acid groups (broad SMARTS) is 1. The number of rotatable bonds is 4. The standard InChI is InChI=1S/C16H19NO3/c1-11-5-4-6-12-15(11)17-13(20-12)9-16(10-14(18)19)7-2-3-8-16/h4-6H,2-3,7-10H2,1H3,(H,18,19). The van der Waals surface area contributed by atoms with Crippen molar-refractivity contribution in [2.24, 2.45) is 5.41 Å². The van der Waals surface area contributed by atoms with Crippen LogP contribution in [-0.4, -0.2) is 16.1 Å². The average molecular weight is 273 g/mol. The first-order chi connectivity index (χ1) is 9.58. The van der Waals surface area contributed by atoms with Gasteiger partial charge in [0, 0.05) is 6.42 Å². The summed E-state index contributed by atoms with van der Waals surface area (Å²) < 4.78 is 5.81. The van der Waals surface area contributed by atoms with E-state index in [0.717, 1.165) is 42.3 Å². The van der Waals surface area contributed by atoms with Gasteiger partial charge in [0.15, 0.2) is 11.5 Å². The quantitative estimate of drug-likeness (QED) is 0.922. The Hall–Kier alpha value is -1.84. The Morgan fingerprint density at radius 1 is 1.40 bits per heavy atom. The third-order valence-electron chi connectivity index (χ3n) is 4.38. The van der Waals surface area contributed by atoms with Crippen LogP contribution in [-0.2, 0) is 11.2 Å². The number of nitrogens with zero attached hydrogens (tertiary/aromatic N) is 1. The molecule has 1 aliphatic rings. The maximum atomic E-state index is 11.1. The van der Waals surface area contributed by atoms with Gasteiger partial charge < -0.3 is 9.52 Å². The number of hydrogen-bond donors (Lipinski definition) is 1. The van der Waals surface area contributed by atoms with Crippen LogP contribution in [0, 0.1) is 12.3 Å². The van der Waals surface area contributed by atoms with Crippen molar-refractivity contribution in [3.63, 3.8) is 0 Å². The minimum atomic E-state index is -0.723. The topological polar surface area (TPSA) is 63.3 Å². The molecular weight excluding hydrogens is 254 g/mol. The first-order valence-electron chi connectivity index (χ1n) is 7.15. The molecule has 106 valence electrons. The number of aryl methyl sites for hydroxylation is 1. The number of aliphatic carboxylic acids is 1. The van der Waals surface area contributed by atoms with Crippen molar-refractivity contribution < 1.29 is 14.3 Å². The van der Waals surface area contributed by atoms with Gasteiger partial charge in [-0.3, -0.25) is 4.79 Å². The van der Waals surface area contributed by atoms with Crippen molar-refractivity contribution in [1.29, 1.82) is 0 Å². The summed E-state index contributed by atoms with van der Waals surface area (Å²) in [5, 5.41) is 9.15. The second-order valence-electron chi connectivity index (χ2n) is 5.98. The number of carbonyl (C=O) groups is 1. The number of carboxylic acids is 1. The Kier molecular flexibility index (Phi) is 3.24. The molecule has 3 rings (SSSR count). The van der Waals surface area contributed by atoms with Crippen LogP contribution in [0.2, 0.25) is 0 Å². The van der Waals surface area contributed by atoms with E-state index in [1.54, 1.807) is 0 Å². The Labute approximate surface area is 117 Å². The molecule has 0 aliphatic heterocycles. The molecule has 4 nitrogen and oxygen atoms in total. The van der Waals surface area contributed by atoms with Crippen LogP contribution in [0.15, 0.2) is 22.6 Å². The molecule has 1 heterocycles. The smallest absolute Gasteiger partial charge is 0.303 e. The maximum Gasteiger partial charge on any atom is 0.303 e. The third kappa shape index (κ3) is 2.42. The highest BCUT2D eigenvalue weighted by Crippen LogP contribution is 2.44. The Morgan fingerprint density at radius 2 is 2.15 bits per heavy atom. The lowest BCUT2D eigenvalue weighted by Crippen LogP contribution is -2.23. The van der Waals surface area contributed by atoms with E-state index in [-0.39, 0.29) is 11.8 Å². The van der Waals surface area contributed by atoms with Crippen LogP contribution in [0.1, 0.15) is 43.6 Å². The number of oxazole rings is 1. The minimum absolute atomic E-state index is 0.166. The molecule has 1 aromatic carbocycles. The fourth-order valence-corrected chi connectivity index (χ4v) is 3.39. The van der Waals surface area contributed by atoms with Gasteiger partial charge in [-0.15, -0.1) is 0 Å². The van der Waals surface area contributed by atoms with Crippen molar-refractivity contribution in [2.45, 2.75) is 45.4 Å². The Morgan fingerprint density at radius 3 is 2.80 bits per heavy atom. The van der Waals surface area contributed by atoms with Crippen molar-refractivity contribution in [1.82, 2.24) is 4.98 Å². The zero-order valence-electron chi connectivity index (χ0n) is 11.7. The lowest BCUT2D eigenvalue weighted by atomic mass is 9.79. The van der Waals surface area contributed by atoms with Gasteiger partial charge in [-0.2, -0.15) is 0 Å². The van der Waals surface area contributed by atoms with Gasteiger partial charge >= 0.3 is 5.97 Å². The summed E-state index contributed by atoms with van der Waals surface area (Å²) in [5.74, 6) is -0.0448. The van der Waals surface area contributed by atoms with E-state index in [4.69, 9.17) is 9.52 Å². The molecule has 0 atom stereocenters. The average Bonchev–Trinajstić information content (AvgIpc) is 2.96. The molecule has 0 bridgehead atoms. The van der Waals surface area contributed by atoms with E-state index >= 15 is 0 Å². The van der Waals surface area contributed by atoms with Crippen molar-refractivity contribution in [3.05, 3.63) is 29.7 Å². The maximum absolute atomic E-state index is 11.1. The Balaban J connectivity index is 1.90. The Bertz CT molecular complexity index is 638. The fourth-order valence-electron chi connectivity index (χ4n) is 3.39. The van der Waals surface area contributed by atoms with Crippen LogP contribution < -0.4 is 0 Å². The molecule has 1 aromatic heterocycles. The molecular formula is C16H19NO3. The molecule has 0 amide bonds. The second kappa shape index (κ2) is 4.93. The highest BCUT2D eigenvalue weighted by atomic mass is 16.4. The zero-order valence-corrected chi connectivity index (χ0v) is 11.7. The molecule has 0 radical (unpaired) electrons. The van der Waals surface area contributed by atoms with Crippen LogP contribution in [0.25, 0.3) is 11.1 Å². The van der Waals surface area contributed by atoms with E-state index in [0.29, 0.717) is 12.3 Å². The van der Waals surface area contributed by atoms with Crippen molar-refractivity contribution in [2.75, 3.05) is 0 Å². The predicted octanol–water partition coefficient (Wildman–Crippen LogP) is 3.71. The summed E-state index contributed by atoms with van der Waals surface area (Å²) in [6.45, 7) is 2.01. The van der Waals surface area contributed by atoms with Gasteiger partial charge in [0.2, 0.25) is 0 Å². The fraction of sp³-hybridized carbons (Fsp3) is 0.500. The summed E-state index contributed by atoms with van der Waals surface area (Å²) in [6, 6.07) is 5.88. The molecule has 1 aliphatic carbocycles. The molecule has 0 saturated heterocycles. The van der Waals surface area contributed by atoms with E-state index in [1.165, 1.54) is 0 Å². The van der Waals surface area contributed by atoms with Crippen LogP contribution in [0.3, 0.4) is 0 Å². The predicted molar refractivity (Wildman–Crippen MR) is 75.6 cm³/mol. The summed E-state index contributed by atoms with van der Waals surface area (Å²) in [4.78, 5) is 15.7. The SMILES string of the molecule is Cc1cccc2oc(CC3(CC(=O)O)CCCC3)nc12. The normalized spacial score (nSPS) is 17.6. The highest BCUT2D eigenvalue weighted by molar-refractivity contribution is 5.76. The molecule has 4 heteroatoms. The molecule has 20 heavy (non-hydrogen) atoms. The summed E-state index contributed by atoms with van der Waals surface area (Å²) in [7, 11) is 0. The van der Waals surface area contributed by atoms with Gasteiger partial charge in [-0.25, -0.2) is 4.98 Å². The third-order valence-corrected chi connectivity index (χ3v) is 4.38. The first-order valence-corrected chi connectivity index (χ1v) is 7.15. The number of para-hydroxylation sites is 1. The van der Waals surface area contributed by atoms with Gasteiger partial charge in [0.05, 0.1) is 6.42 Å². The largest absolute Gasteiger partial charge is 0.481 e. The molecule has 0 unspecified atom stereocenters. The van der Waals surface area contributed by atoms with Gasteiger partial charge in [0.25, 0.3) is 0 Å². The lowest BCUT2D eigenvalue weighted by Gasteiger charge is -2.25. The van der Waals surface area contributed by atoms with Gasteiger partial charge in [-0.1, -0.05) is 25.0 Å². The number of fused-ring (bicyclic) bond motifs is 1. The van der Waals surface area contributed by atoms with E-state index in [1.807, 2.05) is 25.1 Å². The number of benzene rings is 1. The summed E-state index contributed by atoms with van der Waals surface area (Å²) in [6.07, 6.45) is 4.96. The molecule has 0 spiro atoms. The molecule has 1 saturated carbocycles. The first kappa shape index (κ1) is 13.2. The van der Waals surface area contributed by atoms with E-state index in [2.05, 4.69) is 4.98 Å². The number of hydrogen-bond acceptors (Lipinski definition) is 3. The van der Waals surface area contributed by atoms with Gasteiger partial charge in [0.1, 0.15) is 5.52 Å². The van der Waals surface area contributed by atoms with Crippen molar-refractivity contribution in [3.8, 4) is 0 Å². The van der Waals surface area contributed by atoms with Crippen molar-refractivity contribution >= 4 is 17.1 Å². The molecule has 1 N–H and O–H groups in total. The lowest BCUT2D eigenvalue weighted by molar-refractivity contribution is -0.139. The van der Waals surface area contributed by atoms with Crippen LogP contribution in [0.5, 0.6) is 0 Å². The minimum Gasteiger partial charge on any atom is -0.481 e. The number of aromatic nitrogens is 1. The second-order valence-corrected chi connectivity index (χ2v) is 5.98. The van der Waals surface area contributed by atoms with Crippen LogP contribution >= 0.6 is 0 Å². The summed E-state index contributed by atoms with van der Waals surface area (Å²) in [5.41, 5.74) is 2.62. The zero-order chi connectivity index (χ0) is 14.2. The monoisotopic (exact) mass is 273 g/mol. The molecule has 2 aromatic rings. The van der Waals surface area contributed by atoms with Gasteiger partial charge in [-0.05, 0) is 36.8 Å². The summed E-state index contributed by atoms with van der Waals surface area (Å²) >= 11 is 0. The molecule has 1 fully saturated rings. The van der Waals surface area contributed by atoms with E-state index < -0.39 is 5.97 Å². The van der Waals surface area contributed by atoms with E-state index in [9.17, 15) is 4.79 Å².